The quantitative estimate of drug-likeness (QED) is 0.732. The maximum Gasteiger partial charge on any atom is 0.222 e. The highest BCUT2D eigenvalue weighted by atomic mass is 32.2. The van der Waals surface area contributed by atoms with Gasteiger partial charge >= 0.3 is 0 Å². The highest BCUT2D eigenvalue weighted by Crippen LogP contribution is 2.31. The highest BCUT2D eigenvalue weighted by molar-refractivity contribution is 7.99. The number of amides is 1. The van der Waals surface area contributed by atoms with Crippen LogP contribution in [-0.4, -0.2) is 53.7 Å². The zero-order chi connectivity index (χ0) is 17.1. The molecule has 0 radical (unpaired) electrons. The van der Waals surface area contributed by atoms with E-state index < -0.39 is 0 Å². The predicted octanol–water partition coefficient (Wildman–Crippen LogP) is 4.02. The van der Waals surface area contributed by atoms with E-state index in [0.29, 0.717) is 11.9 Å². The van der Waals surface area contributed by atoms with Gasteiger partial charge in [0.25, 0.3) is 0 Å². The largest absolute Gasteiger partial charge is 0.338 e. The van der Waals surface area contributed by atoms with E-state index in [1.165, 1.54) is 41.6 Å². The summed E-state index contributed by atoms with van der Waals surface area (Å²) in [5.41, 5.74) is 0. The number of nitrogens with zero attached hydrogens (tertiary/aromatic N) is 2. The molecule has 2 saturated heterocycles. The minimum Gasteiger partial charge on any atom is -0.338 e. The molecule has 0 saturated carbocycles. The van der Waals surface area contributed by atoms with E-state index in [4.69, 9.17) is 0 Å². The summed E-state index contributed by atoms with van der Waals surface area (Å²) < 4.78 is 0. The molecule has 1 amide bonds. The molecule has 2 aliphatic rings. The van der Waals surface area contributed by atoms with E-state index in [9.17, 15) is 4.79 Å². The van der Waals surface area contributed by atoms with Crippen LogP contribution in [0.15, 0.2) is 47.4 Å². The Kier molecular flexibility index (Phi) is 5.28. The summed E-state index contributed by atoms with van der Waals surface area (Å²) in [4.78, 5) is 18.3. The van der Waals surface area contributed by atoms with Gasteiger partial charge in [-0.1, -0.05) is 36.4 Å². The molecule has 2 heterocycles. The van der Waals surface area contributed by atoms with Crippen LogP contribution in [0.25, 0.3) is 10.8 Å². The second kappa shape index (κ2) is 7.79. The van der Waals surface area contributed by atoms with Gasteiger partial charge in [0, 0.05) is 36.2 Å². The van der Waals surface area contributed by atoms with Crippen LogP contribution in [0.1, 0.15) is 25.7 Å². The molecule has 0 aromatic heterocycles. The molecule has 1 atom stereocenters. The second-order valence-electron chi connectivity index (χ2n) is 7.12. The third-order valence-corrected chi connectivity index (χ3v) is 6.71. The maximum atomic E-state index is 12.3. The number of carbonyl (C=O) groups excluding carboxylic acids is 1. The Morgan fingerprint density at radius 2 is 1.80 bits per heavy atom. The Balaban J connectivity index is 1.39. The minimum atomic E-state index is 0.350. The standard InChI is InChI=1S/C21H26N2OS/c24-21-11-10-18(23(21)15-14-22-12-3-4-13-22)16-25-20-9-5-7-17-6-1-2-8-19(17)20/h1-2,5-9,18H,3-4,10-16H2. The van der Waals surface area contributed by atoms with Crippen molar-refractivity contribution in [3.05, 3.63) is 42.5 Å². The summed E-state index contributed by atoms with van der Waals surface area (Å²) in [6.07, 6.45) is 4.36. The lowest BCUT2D eigenvalue weighted by atomic mass is 10.1. The van der Waals surface area contributed by atoms with Crippen molar-refractivity contribution >= 4 is 28.4 Å². The zero-order valence-corrected chi connectivity index (χ0v) is 15.5. The fourth-order valence-corrected chi connectivity index (χ4v) is 5.27. The van der Waals surface area contributed by atoms with Crippen molar-refractivity contribution in [2.75, 3.05) is 31.9 Å². The Morgan fingerprint density at radius 1 is 1.00 bits per heavy atom. The Morgan fingerprint density at radius 3 is 2.68 bits per heavy atom. The molecule has 4 rings (SSSR count). The summed E-state index contributed by atoms with van der Waals surface area (Å²) in [6.45, 7) is 4.36. The third kappa shape index (κ3) is 3.85. The topological polar surface area (TPSA) is 23.6 Å². The minimum absolute atomic E-state index is 0.350. The van der Waals surface area contributed by atoms with E-state index in [0.717, 1.165) is 31.7 Å². The Bertz CT molecular complexity index is 736. The molecule has 0 bridgehead atoms. The molecule has 2 aliphatic heterocycles. The van der Waals surface area contributed by atoms with E-state index in [1.54, 1.807) is 0 Å². The first kappa shape index (κ1) is 16.9. The number of hydrogen-bond acceptors (Lipinski definition) is 3. The van der Waals surface area contributed by atoms with Crippen LogP contribution in [0.5, 0.6) is 0 Å². The third-order valence-electron chi connectivity index (χ3n) is 5.49. The molecule has 2 aromatic carbocycles. The van der Waals surface area contributed by atoms with Crippen molar-refractivity contribution in [3.8, 4) is 0 Å². The van der Waals surface area contributed by atoms with Crippen molar-refractivity contribution < 1.29 is 4.79 Å². The van der Waals surface area contributed by atoms with Crippen LogP contribution in [0, 0.1) is 0 Å². The molecule has 132 valence electrons. The summed E-state index contributed by atoms with van der Waals surface area (Å²) >= 11 is 1.90. The van der Waals surface area contributed by atoms with Gasteiger partial charge in [-0.15, -0.1) is 11.8 Å². The summed E-state index contributed by atoms with van der Waals surface area (Å²) in [5.74, 6) is 1.35. The number of thioether (sulfide) groups is 1. The van der Waals surface area contributed by atoms with Gasteiger partial charge in [-0.3, -0.25) is 4.79 Å². The molecule has 0 aliphatic carbocycles. The first-order valence-electron chi connectivity index (χ1n) is 9.44. The second-order valence-corrected chi connectivity index (χ2v) is 8.18. The molecular formula is C21H26N2OS. The lowest BCUT2D eigenvalue weighted by molar-refractivity contribution is -0.128. The van der Waals surface area contributed by atoms with E-state index >= 15 is 0 Å². The van der Waals surface area contributed by atoms with Gasteiger partial charge in [-0.2, -0.15) is 0 Å². The van der Waals surface area contributed by atoms with Gasteiger partial charge in [0.2, 0.25) is 5.91 Å². The van der Waals surface area contributed by atoms with E-state index in [1.807, 2.05) is 11.8 Å². The van der Waals surface area contributed by atoms with Gasteiger partial charge in [0.05, 0.1) is 0 Å². The highest BCUT2D eigenvalue weighted by Gasteiger charge is 2.31. The summed E-state index contributed by atoms with van der Waals surface area (Å²) in [7, 11) is 0. The van der Waals surface area contributed by atoms with Gasteiger partial charge in [-0.05, 0) is 49.2 Å². The first-order chi connectivity index (χ1) is 12.3. The van der Waals surface area contributed by atoms with Crippen molar-refractivity contribution in [2.24, 2.45) is 0 Å². The van der Waals surface area contributed by atoms with Crippen molar-refractivity contribution in [3.63, 3.8) is 0 Å². The fraction of sp³-hybridized carbons (Fsp3) is 0.476. The van der Waals surface area contributed by atoms with E-state index in [-0.39, 0.29) is 0 Å². The van der Waals surface area contributed by atoms with Gasteiger partial charge in [0.15, 0.2) is 0 Å². The molecule has 3 nitrogen and oxygen atoms in total. The number of rotatable bonds is 6. The van der Waals surface area contributed by atoms with Gasteiger partial charge < -0.3 is 9.80 Å². The number of benzene rings is 2. The molecule has 0 spiro atoms. The van der Waals surface area contributed by atoms with Crippen LogP contribution in [-0.2, 0) is 4.79 Å². The summed E-state index contributed by atoms with van der Waals surface area (Å²) in [5, 5.41) is 2.61. The lowest BCUT2D eigenvalue weighted by Gasteiger charge is -2.27. The molecule has 4 heteroatoms. The molecule has 0 N–H and O–H groups in total. The van der Waals surface area contributed by atoms with Gasteiger partial charge in [-0.25, -0.2) is 0 Å². The SMILES string of the molecule is O=C1CCC(CSc2cccc3ccccc23)N1CCN1CCCC1. The molecular weight excluding hydrogens is 328 g/mol. The van der Waals surface area contributed by atoms with Crippen molar-refractivity contribution in [2.45, 2.75) is 36.6 Å². The van der Waals surface area contributed by atoms with Gasteiger partial charge in [0.1, 0.15) is 0 Å². The molecule has 25 heavy (non-hydrogen) atoms. The number of fused-ring (bicyclic) bond motifs is 1. The molecule has 2 aromatic rings. The Labute approximate surface area is 154 Å². The van der Waals surface area contributed by atoms with Crippen LogP contribution in [0.2, 0.25) is 0 Å². The van der Waals surface area contributed by atoms with E-state index in [2.05, 4.69) is 52.3 Å². The fourth-order valence-electron chi connectivity index (χ4n) is 4.04. The van der Waals surface area contributed by atoms with Crippen LogP contribution in [0.3, 0.4) is 0 Å². The van der Waals surface area contributed by atoms with Crippen molar-refractivity contribution in [1.82, 2.24) is 9.80 Å². The number of carbonyl (C=O) groups is 1. The molecule has 2 fully saturated rings. The average molecular weight is 355 g/mol. The first-order valence-corrected chi connectivity index (χ1v) is 10.4. The maximum absolute atomic E-state index is 12.3. The lowest BCUT2D eigenvalue weighted by Crippen LogP contribution is -2.40. The van der Waals surface area contributed by atoms with Crippen molar-refractivity contribution in [1.29, 1.82) is 0 Å². The number of likely N-dealkylation sites (tertiary alicyclic amines) is 2. The van der Waals surface area contributed by atoms with Crippen LogP contribution < -0.4 is 0 Å². The average Bonchev–Trinajstić information content (AvgIpc) is 3.28. The van der Waals surface area contributed by atoms with Crippen LogP contribution in [0.4, 0.5) is 0 Å². The Hall–Kier alpha value is -1.52. The monoisotopic (exact) mass is 354 g/mol. The van der Waals surface area contributed by atoms with Crippen LogP contribution >= 0.6 is 11.8 Å². The normalized spacial score (nSPS) is 21.5. The molecule has 1 unspecified atom stereocenters. The zero-order valence-electron chi connectivity index (χ0n) is 14.7. The predicted molar refractivity (Wildman–Crippen MR) is 105 cm³/mol. The smallest absolute Gasteiger partial charge is 0.222 e. The number of hydrogen-bond donors (Lipinski definition) is 0. The summed E-state index contributed by atoms with van der Waals surface area (Å²) in [6, 6.07) is 15.5.